The Morgan fingerprint density at radius 3 is 2.13 bits per heavy atom. The maximum atomic E-state index is 14.4. The molecular formula is C36H55N5O5. The molecular weight excluding hydrogens is 582 g/mol. The Morgan fingerprint density at radius 2 is 1.59 bits per heavy atom. The third-order valence-corrected chi connectivity index (χ3v) is 10.6. The number of ketones is 1. The number of hydrogen-bond donors (Lipinski definition) is 4. The molecule has 10 nitrogen and oxygen atoms in total. The van der Waals surface area contributed by atoms with Crippen LogP contribution in [0.15, 0.2) is 30.3 Å². The quantitative estimate of drug-likeness (QED) is 0.250. The summed E-state index contributed by atoms with van der Waals surface area (Å²) in [6.45, 7) is 12.3. The summed E-state index contributed by atoms with van der Waals surface area (Å²) in [5, 5.41) is 9.15. The van der Waals surface area contributed by atoms with Crippen LogP contribution in [0, 0.1) is 23.2 Å². The first-order chi connectivity index (χ1) is 21.6. The number of carbonyl (C=O) groups excluding carboxylic acids is 5. The van der Waals surface area contributed by atoms with Gasteiger partial charge in [-0.25, -0.2) is 4.79 Å². The second-order valence-corrected chi connectivity index (χ2v) is 15.5. The highest BCUT2D eigenvalue weighted by Gasteiger charge is 2.47. The predicted molar refractivity (Wildman–Crippen MR) is 178 cm³/mol. The highest BCUT2D eigenvalue weighted by atomic mass is 16.2. The van der Waals surface area contributed by atoms with E-state index in [0.29, 0.717) is 19.4 Å². The van der Waals surface area contributed by atoms with E-state index in [0.717, 1.165) is 50.5 Å². The van der Waals surface area contributed by atoms with Crippen LogP contribution in [0.1, 0.15) is 111 Å². The van der Waals surface area contributed by atoms with Crippen molar-refractivity contribution >= 4 is 29.5 Å². The number of likely N-dealkylation sites (tertiary alicyclic amines) is 1. The molecule has 0 aromatic heterocycles. The van der Waals surface area contributed by atoms with Crippen LogP contribution >= 0.6 is 0 Å². The smallest absolute Gasteiger partial charge is 0.315 e. The standard InChI is InChI=1S/C36H55N5O5/c1-22(2)26-20-28(32(44)38-27(19-24-15-16-24)29(42)31(37)43)41(21-26)33(45)30(35(4,5)6)39-34(46)40-36(17-11-8-12-18-36)23(3)25-13-9-7-10-14-25/h7,9-10,13-14,22-24,26-28,30H,8,11-12,15-21H2,1-6H3,(H2,37,43)(H,38,44)(H2,39,40,46)/t23?,26-,27?,28+,30-/m1/s1. The monoisotopic (exact) mass is 637 g/mol. The number of Topliss-reactive ketones (excluding diaryl/α,β-unsaturated/α-hetero) is 1. The molecule has 1 aromatic carbocycles. The van der Waals surface area contributed by atoms with Crippen molar-refractivity contribution in [2.24, 2.45) is 28.9 Å². The lowest BCUT2D eigenvalue weighted by atomic mass is 9.71. The van der Waals surface area contributed by atoms with E-state index in [1.165, 1.54) is 0 Å². The van der Waals surface area contributed by atoms with E-state index in [1.807, 2.05) is 39.0 Å². The van der Waals surface area contributed by atoms with Gasteiger partial charge in [0.1, 0.15) is 12.1 Å². The fourth-order valence-electron chi connectivity index (χ4n) is 7.32. The van der Waals surface area contributed by atoms with E-state index >= 15 is 0 Å². The highest BCUT2D eigenvalue weighted by Crippen LogP contribution is 2.40. The molecule has 5 atom stereocenters. The number of hydrogen-bond acceptors (Lipinski definition) is 5. The molecule has 2 saturated carbocycles. The van der Waals surface area contributed by atoms with Gasteiger partial charge < -0.3 is 26.6 Å². The lowest BCUT2D eigenvalue weighted by Crippen LogP contribution is -2.63. The van der Waals surface area contributed by atoms with E-state index in [-0.39, 0.29) is 29.6 Å². The number of benzene rings is 1. The molecule has 3 fully saturated rings. The third kappa shape index (κ3) is 8.48. The van der Waals surface area contributed by atoms with Crippen LogP contribution in [0.25, 0.3) is 0 Å². The number of nitrogens with zero attached hydrogens (tertiary/aromatic N) is 1. The van der Waals surface area contributed by atoms with E-state index in [4.69, 9.17) is 5.73 Å². The molecule has 4 rings (SSSR count). The van der Waals surface area contributed by atoms with Crippen LogP contribution in [0.2, 0.25) is 0 Å². The lowest BCUT2D eigenvalue weighted by molar-refractivity contribution is -0.143. The summed E-state index contributed by atoms with van der Waals surface area (Å²) in [7, 11) is 0. The number of urea groups is 1. The predicted octanol–water partition coefficient (Wildman–Crippen LogP) is 4.42. The van der Waals surface area contributed by atoms with Gasteiger partial charge in [-0.05, 0) is 54.4 Å². The molecule has 1 saturated heterocycles. The Balaban J connectivity index is 1.55. The lowest BCUT2D eigenvalue weighted by Gasteiger charge is -2.44. The minimum Gasteiger partial charge on any atom is -0.363 e. The van der Waals surface area contributed by atoms with Gasteiger partial charge in [0.05, 0.1) is 6.04 Å². The van der Waals surface area contributed by atoms with Crippen LogP contribution in [0.4, 0.5) is 4.79 Å². The normalized spacial score (nSPS) is 23.2. The molecule has 1 heterocycles. The van der Waals surface area contributed by atoms with Crippen LogP contribution in [-0.4, -0.2) is 64.6 Å². The first-order valence-electron chi connectivity index (χ1n) is 17.2. The van der Waals surface area contributed by atoms with Gasteiger partial charge in [0.15, 0.2) is 0 Å². The van der Waals surface area contributed by atoms with Gasteiger partial charge in [0.25, 0.3) is 5.91 Å². The van der Waals surface area contributed by atoms with Crippen molar-refractivity contribution in [3.05, 3.63) is 35.9 Å². The molecule has 5 N–H and O–H groups in total. The molecule has 10 heteroatoms. The van der Waals surface area contributed by atoms with Crippen LogP contribution in [0.3, 0.4) is 0 Å². The summed E-state index contributed by atoms with van der Waals surface area (Å²) in [5.74, 6) is -2.09. The minimum absolute atomic E-state index is 0.0556. The molecule has 5 amide bonds. The zero-order valence-electron chi connectivity index (χ0n) is 28.6. The van der Waals surface area contributed by atoms with Crippen molar-refractivity contribution in [3.63, 3.8) is 0 Å². The van der Waals surface area contributed by atoms with E-state index in [2.05, 4.69) is 48.9 Å². The van der Waals surface area contributed by atoms with Gasteiger partial charge in [-0.1, -0.05) is 104 Å². The first-order valence-corrected chi connectivity index (χ1v) is 17.2. The SMILES string of the molecule is CC(C)[C@@H]1C[C@@H](C(=O)NC(CC2CC2)C(=O)C(N)=O)N(C(=O)[C@@H](NC(=O)NC2(C(C)c3ccccc3)CCCCC2)C(C)(C)C)C1. The molecule has 3 aliphatic rings. The summed E-state index contributed by atoms with van der Waals surface area (Å²) < 4.78 is 0. The van der Waals surface area contributed by atoms with Crippen molar-refractivity contribution < 1.29 is 24.0 Å². The fraction of sp³-hybridized carbons (Fsp3) is 0.694. The summed E-state index contributed by atoms with van der Waals surface area (Å²) in [6.07, 6.45) is 7.51. The van der Waals surface area contributed by atoms with E-state index in [9.17, 15) is 24.0 Å². The van der Waals surface area contributed by atoms with Gasteiger partial charge in [-0.2, -0.15) is 0 Å². The maximum absolute atomic E-state index is 14.4. The zero-order valence-corrected chi connectivity index (χ0v) is 28.6. The van der Waals surface area contributed by atoms with Crippen molar-refractivity contribution in [2.45, 2.75) is 129 Å². The highest BCUT2D eigenvalue weighted by molar-refractivity contribution is 6.37. The average Bonchev–Trinajstić information content (AvgIpc) is 3.71. The second-order valence-electron chi connectivity index (χ2n) is 15.5. The summed E-state index contributed by atoms with van der Waals surface area (Å²) in [5.41, 5.74) is 5.36. The second kappa shape index (κ2) is 14.6. The molecule has 1 aliphatic heterocycles. The number of nitrogens with two attached hydrogens (primary N) is 1. The summed E-state index contributed by atoms with van der Waals surface area (Å²) >= 11 is 0. The van der Waals surface area contributed by atoms with Gasteiger partial charge >= 0.3 is 6.03 Å². The topological polar surface area (TPSA) is 151 Å². The Labute approximate surface area is 274 Å². The van der Waals surface area contributed by atoms with E-state index in [1.54, 1.807) is 4.90 Å². The van der Waals surface area contributed by atoms with Crippen LogP contribution < -0.4 is 21.7 Å². The number of primary amides is 1. The molecule has 0 bridgehead atoms. The molecule has 0 radical (unpaired) electrons. The number of nitrogens with one attached hydrogen (secondary N) is 3. The molecule has 254 valence electrons. The maximum Gasteiger partial charge on any atom is 0.315 e. The number of carbonyl (C=O) groups is 5. The summed E-state index contributed by atoms with van der Waals surface area (Å²) in [6, 6.07) is 7.07. The van der Waals surface area contributed by atoms with Crippen molar-refractivity contribution in [2.75, 3.05) is 6.54 Å². The van der Waals surface area contributed by atoms with Gasteiger partial charge in [0, 0.05) is 18.0 Å². The van der Waals surface area contributed by atoms with Crippen LogP contribution in [0.5, 0.6) is 0 Å². The van der Waals surface area contributed by atoms with Gasteiger partial charge in [-0.15, -0.1) is 0 Å². The van der Waals surface area contributed by atoms with Gasteiger partial charge in [0.2, 0.25) is 17.6 Å². The Morgan fingerprint density at radius 1 is 0.957 bits per heavy atom. The minimum atomic E-state index is -1.08. The van der Waals surface area contributed by atoms with Crippen molar-refractivity contribution in [3.8, 4) is 0 Å². The fourth-order valence-corrected chi connectivity index (χ4v) is 7.32. The van der Waals surface area contributed by atoms with Gasteiger partial charge in [-0.3, -0.25) is 19.2 Å². The third-order valence-electron chi connectivity index (χ3n) is 10.6. The largest absolute Gasteiger partial charge is 0.363 e. The molecule has 2 unspecified atom stereocenters. The zero-order chi connectivity index (χ0) is 33.8. The number of rotatable bonds is 12. The molecule has 46 heavy (non-hydrogen) atoms. The Kier molecular flexibility index (Phi) is 11.2. The molecule has 1 aromatic rings. The number of amides is 5. The Bertz CT molecular complexity index is 1270. The van der Waals surface area contributed by atoms with Crippen molar-refractivity contribution in [1.29, 1.82) is 0 Å². The average molecular weight is 638 g/mol. The molecule has 0 spiro atoms. The Hall–Kier alpha value is -3.43. The van der Waals surface area contributed by atoms with E-state index < -0.39 is 52.7 Å². The first kappa shape index (κ1) is 35.4. The van der Waals surface area contributed by atoms with Crippen LogP contribution in [-0.2, 0) is 19.2 Å². The molecule has 2 aliphatic carbocycles. The summed E-state index contributed by atoms with van der Waals surface area (Å²) in [4.78, 5) is 68.0. The van der Waals surface area contributed by atoms with Crippen molar-refractivity contribution in [1.82, 2.24) is 20.9 Å².